The van der Waals surface area contributed by atoms with Gasteiger partial charge in [0.2, 0.25) is 0 Å². The van der Waals surface area contributed by atoms with Gasteiger partial charge in [-0.25, -0.2) is 0 Å². The van der Waals surface area contributed by atoms with Gasteiger partial charge in [-0.1, -0.05) is 18.2 Å². The molecule has 1 aliphatic heterocycles. The SMILES string of the molecule is C=CCCC(=O)c1ccccc1NCC1=NCCN1. The molecule has 0 fully saturated rings. The van der Waals surface area contributed by atoms with Crippen LogP contribution in [-0.4, -0.2) is 31.3 Å². The van der Waals surface area contributed by atoms with Gasteiger partial charge in [-0.15, -0.1) is 6.58 Å². The first-order valence-corrected chi connectivity index (χ1v) is 6.55. The van der Waals surface area contributed by atoms with Crippen molar-refractivity contribution in [2.24, 2.45) is 4.99 Å². The lowest BCUT2D eigenvalue weighted by molar-refractivity contribution is 0.0984. The molecule has 1 aromatic carbocycles. The number of anilines is 1. The van der Waals surface area contributed by atoms with Crippen molar-refractivity contribution in [1.29, 1.82) is 0 Å². The molecular formula is C15H19N3O. The van der Waals surface area contributed by atoms with Crippen molar-refractivity contribution in [2.75, 3.05) is 25.0 Å². The number of para-hydroxylation sites is 1. The third-order valence-electron chi connectivity index (χ3n) is 2.99. The largest absolute Gasteiger partial charge is 0.377 e. The van der Waals surface area contributed by atoms with E-state index in [4.69, 9.17) is 0 Å². The fourth-order valence-electron chi connectivity index (χ4n) is 1.99. The van der Waals surface area contributed by atoms with Gasteiger partial charge in [0.1, 0.15) is 5.84 Å². The summed E-state index contributed by atoms with van der Waals surface area (Å²) in [7, 11) is 0. The van der Waals surface area contributed by atoms with Gasteiger partial charge in [0.05, 0.1) is 13.1 Å². The van der Waals surface area contributed by atoms with Crippen LogP contribution >= 0.6 is 0 Å². The fraction of sp³-hybridized carbons (Fsp3) is 0.333. The third-order valence-corrected chi connectivity index (χ3v) is 2.99. The Hall–Kier alpha value is -2.10. The summed E-state index contributed by atoms with van der Waals surface area (Å²) >= 11 is 0. The molecule has 4 nitrogen and oxygen atoms in total. The lowest BCUT2D eigenvalue weighted by Gasteiger charge is -2.11. The summed E-state index contributed by atoms with van der Waals surface area (Å²) < 4.78 is 0. The Balaban J connectivity index is 2.02. The number of carbonyl (C=O) groups excluding carboxylic acids is 1. The summed E-state index contributed by atoms with van der Waals surface area (Å²) in [6, 6.07) is 7.60. The monoisotopic (exact) mass is 257 g/mol. The average Bonchev–Trinajstić information content (AvgIpc) is 2.96. The smallest absolute Gasteiger partial charge is 0.165 e. The maximum Gasteiger partial charge on any atom is 0.165 e. The standard InChI is InChI=1S/C15H19N3O/c1-2-3-8-14(19)12-6-4-5-7-13(12)18-11-15-16-9-10-17-15/h2,4-7,18H,1,3,8-11H2,(H,16,17). The lowest BCUT2D eigenvalue weighted by atomic mass is 10.0. The summed E-state index contributed by atoms with van der Waals surface area (Å²) in [6.45, 7) is 6.01. The molecule has 0 unspecified atom stereocenters. The fourth-order valence-corrected chi connectivity index (χ4v) is 1.99. The minimum atomic E-state index is 0.143. The summed E-state index contributed by atoms with van der Waals surface area (Å²) in [5.74, 6) is 1.10. The van der Waals surface area contributed by atoms with E-state index in [9.17, 15) is 4.79 Å². The Morgan fingerprint density at radius 2 is 2.32 bits per heavy atom. The van der Waals surface area contributed by atoms with Gasteiger partial charge in [-0.05, 0) is 18.6 Å². The highest BCUT2D eigenvalue weighted by molar-refractivity contribution is 6.01. The topological polar surface area (TPSA) is 53.5 Å². The molecule has 0 amide bonds. The van der Waals surface area contributed by atoms with Crippen molar-refractivity contribution in [3.8, 4) is 0 Å². The second-order valence-corrected chi connectivity index (χ2v) is 4.40. The van der Waals surface area contributed by atoms with E-state index in [0.717, 1.165) is 30.2 Å². The summed E-state index contributed by atoms with van der Waals surface area (Å²) in [5.41, 5.74) is 1.61. The van der Waals surface area contributed by atoms with Gasteiger partial charge in [0.15, 0.2) is 5.78 Å². The van der Waals surface area contributed by atoms with E-state index < -0.39 is 0 Å². The highest BCUT2D eigenvalue weighted by Crippen LogP contribution is 2.17. The van der Waals surface area contributed by atoms with Crippen LogP contribution in [0, 0.1) is 0 Å². The number of carbonyl (C=O) groups is 1. The van der Waals surface area contributed by atoms with E-state index in [1.54, 1.807) is 6.08 Å². The van der Waals surface area contributed by atoms with Crippen molar-refractivity contribution < 1.29 is 4.79 Å². The number of benzene rings is 1. The lowest BCUT2D eigenvalue weighted by Crippen LogP contribution is -2.26. The number of hydrogen-bond acceptors (Lipinski definition) is 4. The summed E-state index contributed by atoms with van der Waals surface area (Å²) in [5, 5.41) is 6.47. The van der Waals surface area contributed by atoms with Gasteiger partial charge < -0.3 is 10.6 Å². The van der Waals surface area contributed by atoms with Gasteiger partial charge in [-0.2, -0.15) is 0 Å². The molecule has 4 heteroatoms. The van der Waals surface area contributed by atoms with Crippen LogP contribution in [0.2, 0.25) is 0 Å². The highest BCUT2D eigenvalue weighted by Gasteiger charge is 2.11. The molecule has 0 bridgehead atoms. The molecule has 0 radical (unpaired) electrons. The molecule has 0 saturated carbocycles. The van der Waals surface area contributed by atoms with Gasteiger partial charge >= 0.3 is 0 Å². The van der Waals surface area contributed by atoms with E-state index >= 15 is 0 Å². The van der Waals surface area contributed by atoms with Crippen molar-refractivity contribution in [3.63, 3.8) is 0 Å². The van der Waals surface area contributed by atoms with Crippen LogP contribution in [0.25, 0.3) is 0 Å². The number of Topliss-reactive ketones (excluding diaryl/α,β-unsaturated/α-hetero) is 1. The van der Waals surface area contributed by atoms with E-state index in [-0.39, 0.29) is 5.78 Å². The second kappa shape index (κ2) is 6.73. The number of nitrogens with zero attached hydrogens (tertiary/aromatic N) is 1. The first kappa shape index (κ1) is 13.3. The number of amidine groups is 1. The van der Waals surface area contributed by atoms with Crippen molar-refractivity contribution in [2.45, 2.75) is 12.8 Å². The Kier molecular flexibility index (Phi) is 4.72. The van der Waals surface area contributed by atoms with E-state index in [0.29, 0.717) is 19.4 Å². The summed E-state index contributed by atoms with van der Waals surface area (Å²) in [6.07, 6.45) is 2.98. The van der Waals surface area contributed by atoms with E-state index in [1.807, 2.05) is 24.3 Å². The van der Waals surface area contributed by atoms with Crippen LogP contribution in [0.4, 0.5) is 5.69 Å². The van der Waals surface area contributed by atoms with Crippen LogP contribution in [0.3, 0.4) is 0 Å². The predicted octanol–water partition coefficient (Wildman–Crippen LogP) is 2.25. The molecule has 0 atom stereocenters. The molecule has 1 heterocycles. The number of hydrogen-bond donors (Lipinski definition) is 2. The number of allylic oxidation sites excluding steroid dienone is 1. The molecular weight excluding hydrogens is 238 g/mol. The normalized spacial score (nSPS) is 13.6. The first-order valence-electron chi connectivity index (χ1n) is 6.55. The van der Waals surface area contributed by atoms with Gasteiger partial charge in [0.25, 0.3) is 0 Å². The molecule has 2 rings (SSSR count). The first-order chi connectivity index (χ1) is 9.31. The molecule has 1 aromatic rings. The molecule has 2 N–H and O–H groups in total. The van der Waals surface area contributed by atoms with Crippen molar-refractivity contribution in [3.05, 3.63) is 42.5 Å². The van der Waals surface area contributed by atoms with Crippen molar-refractivity contribution >= 4 is 17.3 Å². The minimum Gasteiger partial charge on any atom is -0.377 e. The number of nitrogens with one attached hydrogen (secondary N) is 2. The molecule has 100 valence electrons. The van der Waals surface area contributed by atoms with Crippen LogP contribution in [0.1, 0.15) is 23.2 Å². The number of aliphatic imine (C=N–C) groups is 1. The summed E-state index contributed by atoms with van der Waals surface area (Å²) in [4.78, 5) is 16.4. The zero-order valence-corrected chi connectivity index (χ0v) is 11.0. The Labute approximate surface area is 113 Å². The Bertz CT molecular complexity index is 494. The molecule has 0 spiro atoms. The predicted molar refractivity (Wildman–Crippen MR) is 79.0 cm³/mol. The van der Waals surface area contributed by atoms with Crippen LogP contribution in [-0.2, 0) is 0 Å². The second-order valence-electron chi connectivity index (χ2n) is 4.40. The Morgan fingerprint density at radius 3 is 3.05 bits per heavy atom. The molecule has 0 aliphatic carbocycles. The number of rotatable bonds is 7. The van der Waals surface area contributed by atoms with Crippen LogP contribution < -0.4 is 10.6 Å². The maximum atomic E-state index is 12.1. The zero-order valence-electron chi connectivity index (χ0n) is 11.0. The zero-order chi connectivity index (χ0) is 13.5. The minimum absolute atomic E-state index is 0.143. The Morgan fingerprint density at radius 1 is 1.47 bits per heavy atom. The number of ketones is 1. The quantitative estimate of drug-likeness (QED) is 0.582. The van der Waals surface area contributed by atoms with Crippen LogP contribution in [0.5, 0.6) is 0 Å². The third kappa shape index (κ3) is 3.68. The van der Waals surface area contributed by atoms with E-state index in [1.165, 1.54) is 0 Å². The van der Waals surface area contributed by atoms with Crippen LogP contribution in [0.15, 0.2) is 41.9 Å². The van der Waals surface area contributed by atoms with E-state index in [2.05, 4.69) is 22.2 Å². The van der Waals surface area contributed by atoms with Crippen molar-refractivity contribution in [1.82, 2.24) is 5.32 Å². The molecule has 0 aromatic heterocycles. The molecule has 1 aliphatic rings. The highest BCUT2D eigenvalue weighted by atomic mass is 16.1. The molecule has 0 saturated heterocycles. The van der Waals surface area contributed by atoms with Gasteiger partial charge in [0, 0.05) is 24.2 Å². The molecule has 19 heavy (non-hydrogen) atoms. The van der Waals surface area contributed by atoms with Gasteiger partial charge in [-0.3, -0.25) is 9.79 Å². The maximum absolute atomic E-state index is 12.1. The average molecular weight is 257 g/mol.